The second-order valence-electron chi connectivity index (χ2n) is 15.3. The minimum atomic E-state index is -0.380. The van der Waals surface area contributed by atoms with Gasteiger partial charge in [-0.1, -0.05) is 92.2 Å². The molecule has 56 heavy (non-hydrogen) atoms. The molecule has 5 nitrogen and oxygen atoms in total. The lowest BCUT2D eigenvalue weighted by atomic mass is 9.82. The average molecular weight is 741 g/mol. The number of nitrogens with zero attached hydrogens (tertiary/aromatic N) is 2. The molecule has 0 aliphatic heterocycles. The molecule has 0 fully saturated rings. The number of esters is 1. The summed E-state index contributed by atoms with van der Waals surface area (Å²) in [5.74, 6) is -0.380. The largest absolute Gasteiger partial charge is 0.463 e. The van der Waals surface area contributed by atoms with Gasteiger partial charge in [-0.2, -0.15) is 0 Å². The number of fused-ring (bicyclic) bond motifs is 3. The van der Waals surface area contributed by atoms with Crippen LogP contribution in [0.15, 0.2) is 146 Å². The van der Waals surface area contributed by atoms with Crippen molar-refractivity contribution in [3.05, 3.63) is 179 Å². The Morgan fingerprint density at radius 1 is 0.571 bits per heavy atom. The van der Waals surface area contributed by atoms with E-state index in [1.165, 1.54) is 50.6 Å². The van der Waals surface area contributed by atoms with Gasteiger partial charge in [-0.25, -0.2) is 4.79 Å². The number of methoxy groups -OCH3 is 1. The fourth-order valence-electron chi connectivity index (χ4n) is 7.83. The number of ether oxygens (including phenoxy) is 2. The van der Waals surface area contributed by atoms with Crippen LogP contribution in [0.4, 0.5) is 34.1 Å². The van der Waals surface area contributed by atoms with Gasteiger partial charge in [0.2, 0.25) is 0 Å². The minimum absolute atomic E-state index is 0.237. The van der Waals surface area contributed by atoms with Crippen molar-refractivity contribution in [1.82, 2.24) is 0 Å². The Kier molecular flexibility index (Phi) is 11.5. The molecule has 0 unspecified atom stereocenters. The quantitative estimate of drug-likeness (QED) is 0.0596. The molecule has 0 bridgehead atoms. The lowest BCUT2D eigenvalue weighted by Gasteiger charge is -2.29. The fraction of sp³-hybridized carbons (Fsp3) is 0.235. The van der Waals surface area contributed by atoms with Crippen LogP contribution >= 0.6 is 0 Å². The van der Waals surface area contributed by atoms with Crippen LogP contribution < -0.4 is 9.80 Å². The van der Waals surface area contributed by atoms with Gasteiger partial charge in [0.05, 0.1) is 6.61 Å². The summed E-state index contributed by atoms with van der Waals surface area (Å²) in [6.45, 7) is 13.6. The molecule has 0 aromatic heterocycles. The van der Waals surface area contributed by atoms with E-state index in [0.29, 0.717) is 6.61 Å². The summed E-state index contributed by atoms with van der Waals surface area (Å²) in [7, 11) is 1.76. The van der Waals surface area contributed by atoms with Crippen molar-refractivity contribution < 1.29 is 14.3 Å². The molecule has 0 heterocycles. The number of rotatable bonds is 15. The molecule has 5 heteroatoms. The van der Waals surface area contributed by atoms with E-state index < -0.39 is 0 Å². The van der Waals surface area contributed by atoms with Crippen LogP contribution in [-0.2, 0) is 32.5 Å². The van der Waals surface area contributed by atoms with Crippen molar-refractivity contribution in [2.75, 3.05) is 30.1 Å². The Labute approximate surface area is 332 Å². The van der Waals surface area contributed by atoms with Crippen LogP contribution in [-0.4, -0.2) is 26.3 Å². The Balaban J connectivity index is 1.22. The molecule has 0 saturated carbocycles. The first-order valence-corrected chi connectivity index (χ1v) is 19.7. The van der Waals surface area contributed by atoms with E-state index >= 15 is 0 Å². The molecular weight excluding hydrogens is 689 g/mol. The summed E-state index contributed by atoms with van der Waals surface area (Å²) in [6, 6.07) is 49.2. The van der Waals surface area contributed by atoms with Crippen molar-refractivity contribution >= 4 is 40.1 Å². The minimum Gasteiger partial charge on any atom is -0.463 e. The molecule has 7 rings (SSSR count). The maximum atomic E-state index is 11.5. The molecule has 1 aliphatic rings. The number of hydrogen-bond acceptors (Lipinski definition) is 5. The molecule has 6 aromatic carbocycles. The first-order valence-electron chi connectivity index (χ1n) is 19.7. The van der Waals surface area contributed by atoms with E-state index in [9.17, 15) is 4.79 Å². The highest BCUT2D eigenvalue weighted by atomic mass is 16.5. The van der Waals surface area contributed by atoms with E-state index in [0.717, 1.165) is 66.4 Å². The smallest absolute Gasteiger partial charge is 0.330 e. The van der Waals surface area contributed by atoms with Gasteiger partial charge >= 0.3 is 5.97 Å². The van der Waals surface area contributed by atoms with E-state index in [1.807, 2.05) is 0 Å². The standard InChI is InChI=1S/C51H52N2O3/c1-7-50(54)56-33-9-11-39-18-26-43(27-19-39)53(41-22-14-37(3)15-23-41)45-29-31-47-46-30-28-44(34-48(46)51(4,5)49(47)35-45)52(40-20-12-36(2)13-21-40)42-24-16-38(17-25-42)10-8-32-55-6/h7,12-31,34-35H,1,8-11,32-33H2,2-6H3. The van der Waals surface area contributed by atoms with Crippen LogP contribution in [0.1, 0.15) is 60.1 Å². The van der Waals surface area contributed by atoms with Crippen molar-refractivity contribution in [2.24, 2.45) is 0 Å². The van der Waals surface area contributed by atoms with Crippen molar-refractivity contribution in [3.8, 4) is 11.1 Å². The zero-order chi connectivity index (χ0) is 39.2. The second kappa shape index (κ2) is 16.8. The number of hydrogen-bond donors (Lipinski definition) is 0. The molecule has 0 N–H and O–H groups in total. The van der Waals surface area contributed by atoms with Gasteiger partial charge in [0.1, 0.15) is 0 Å². The first-order chi connectivity index (χ1) is 27.2. The van der Waals surface area contributed by atoms with Crippen molar-refractivity contribution in [3.63, 3.8) is 0 Å². The monoisotopic (exact) mass is 740 g/mol. The van der Waals surface area contributed by atoms with Crippen LogP contribution in [0.2, 0.25) is 0 Å². The highest BCUT2D eigenvalue weighted by Crippen LogP contribution is 2.52. The van der Waals surface area contributed by atoms with Gasteiger partial charge in [-0.15, -0.1) is 0 Å². The van der Waals surface area contributed by atoms with E-state index in [4.69, 9.17) is 9.47 Å². The Bertz CT molecular complexity index is 2290. The number of aryl methyl sites for hydroxylation is 4. The second-order valence-corrected chi connectivity index (χ2v) is 15.3. The highest BCUT2D eigenvalue weighted by molar-refractivity contribution is 5.88. The van der Waals surface area contributed by atoms with Gasteiger partial charge < -0.3 is 19.3 Å². The van der Waals surface area contributed by atoms with E-state index in [1.54, 1.807) is 7.11 Å². The fourth-order valence-corrected chi connectivity index (χ4v) is 7.83. The Morgan fingerprint density at radius 2 is 0.946 bits per heavy atom. The van der Waals surface area contributed by atoms with Crippen LogP contribution in [0.5, 0.6) is 0 Å². The van der Waals surface area contributed by atoms with Crippen LogP contribution in [0.3, 0.4) is 0 Å². The molecule has 1 aliphatic carbocycles. The SMILES string of the molecule is C=CC(=O)OCCCc1ccc(N(c2ccc(C)cc2)c2ccc3c(c2)C(C)(C)c2cc(N(c4ccc(C)cc4)c4ccc(CCCOC)cc4)ccc2-3)cc1. The van der Waals surface area contributed by atoms with Gasteiger partial charge in [-0.05, 0) is 146 Å². The highest BCUT2D eigenvalue weighted by Gasteiger charge is 2.37. The van der Waals surface area contributed by atoms with Gasteiger partial charge in [0.15, 0.2) is 0 Å². The third kappa shape index (κ3) is 8.19. The van der Waals surface area contributed by atoms with E-state index in [2.05, 4.69) is 178 Å². The van der Waals surface area contributed by atoms with Crippen molar-refractivity contribution in [1.29, 1.82) is 0 Å². The first kappa shape index (κ1) is 38.4. The normalized spacial score (nSPS) is 12.4. The van der Waals surface area contributed by atoms with Crippen LogP contribution in [0, 0.1) is 13.8 Å². The summed E-state index contributed by atoms with van der Waals surface area (Å²) in [4.78, 5) is 16.2. The summed E-state index contributed by atoms with van der Waals surface area (Å²) >= 11 is 0. The van der Waals surface area contributed by atoms with Gasteiger partial charge in [0, 0.05) is 59.3 Å². The third-order valence-electron chi connectivity index (χ3n) is 11.0. The van der Waals surface area contributed by atoms with Crippen LogP contribution in [0.25, 0.3) is 11.1 Å². The average Bonchev–Trinajstić information content (AvgIpc) is 3.44. The molecule has 0 atom stereocenters. The van der Waals surface area contributed by atoms with Gasteiger partial charge in [0.25, 0.3) is 0 Å². The predicted octanol–water partition coefficient (Wildman–Crippen LogP) is 12.8. The zero-order valence-corrected chi connectivity index (χ0v) is 33.3. The maximum Gasteiger partial charge on any atom is 0.330 e. The van der Waals surface area contributed by atoms with Crippen molar-refractivity contribution in [2.45, 2.75) is 58.8 Å². The molecule has 0 radical (unpaired) electrons. The molecular formula is C51H52N2O3. The zero-order valence-electron chi connectivity index (χ0n) is 33.3. The Morgan fingerprint density at radius 3 is 1.34 bits per heavy atom. The molecule has 0 amide bonds. The van der Waals surface area contributed by atoms with Gasteiger partial charge in [-0.3, -0.25) is 0 Å². The number of benzene rings is 6. The Hall–Kier alpha value is -5.91. The molecule has 0 spiro atoms. The summed E-state index contributed by atoms with van der Waals surface area (Å²) in [5, 5.41) is 0. The van der Waals surface area contributed by atoms with E-state index in [-0.39, 0.29) is 11.4 Å². The third-order valence-corrected chi connectivity index (χ3v) is 11.0. The number of carbonyl (C=O) groups is 1. The lowest BCUT2D eigenvalue weighted by molar-refractivity contribution is -0.137. The maximum absolute atomic E-state index is 11.5. The number of carbonyl (C=O) groups excluding carboxylic acids is 1. The molecule has 6 aromatic rings. The predicted molar refractivity (Wildman–Crippen MR) is 233 cm³/mol. The molecule has 284 valence electrons. The summed E-state index contributed by atoms with van der Waals surface area (Å²) < 4.78 is 10.5. The topological polar surface area (TPSA) is 42.0 Å². The summed E-state index contributed by atoms with van der Waals surface area (Å²) in [6.07, 6.45) is 4.79. The lowest BCUT2D eigenvalue weighted by Crippen LogP contribution is -2.17. The molecule has 0 saturated heterocycles. The summed E-state index contributed by atoms with van der Waals surface area (Å²) in [5.41, 5.74) is 16.6. The number of anilines is 6.